The van der Waals surface area contributed by atoms with Gasteiger partial charge in [0, 0.05) is 0 Å². The zero-order chi connectivity index (χ0) is 13.9. The molecule has 7 nitrogen and oxygen atoms in total. The molecule has 2 rings (SSSR count). The number of hydrogen-bond acceptors (Lipinski definition) is 5. The topological polar surface area (TPSA) is 97.0 Å². The second-order valence-corrected chi connectivity index (χ2v) is 5.55. The van der Waals surface area contributed by atoms with Crippen molar-refractivity contribution in [3.05, 3.63) is 36.4 Å². The van der Waals surface area contributed by atoms with Crippen LogP contribution in [0.2, 0.25) is 0 Å². The van der Waals surface area contributed by atoms with Crippen molar-refractivity contribution in [2.75, 3.05) is 7.11 Å². The fourth-order valence-corrected chi connectivity index (χ4v) is 2.99. The number of sulfonamides is 1. The predicted octanol–water partition coefficient (Wildman–Crippen LogP) is 0.853. The smallest absolute Gasteiger partial charge is 0.244 e. The maximum atomic E-state index is 12.3. The SMILES string of the molecule is COc1ccccc1S(=O)(=O)NC(C)c1ncn[nH]1. The molecule has 0 aliphatic heterocycles. The van der Waals surface area contributed by atoms with Crippen LogP contribution in [0.1, 0.15) is 18.8 Å². The molecule has 0 bridgehead atoms. The number of methoxy groups -OCH3 is 1. The Balaban J connectivity index is 2.28. The summed E-state index contributed by atoms with van der Waals surface area (Å²) in [6.45, 7) is 1.67. The van der Waals surface area contributed by atoms with Gasteiger partial charge in [0.05, 0.1) is 13.2 Å². The lowest BCUT2D eigenvalue weighted by molar-refractivity contribution is 0.402. The van der Waals surface area contributed by atoms with E-state index in [0.29, 0.717) is 11.6 Å². The first-order valence-electron chi connectivity index (χ1n) is 5.55. The number of benzene rings is 1. The van der Waals surface area contributed by atoms with E-state index in [2.05, 4.69) is 19.9 Å². The molecular weight excluding hydrogens is 268 g/mol. The highest BCUT2D eigenvalue weighted by atomic mass is 32.2. The minimum Gasteiger partial charge on any atom is -0.495 e. The normalized spacial score (nSPS) is 13.2. The highest BCUT2D eigenvalue weighted by molar-refractivity contribution is 7.89. The number of aromatic amines is 1. The van der Waals surface area contributed by atoms with Crippen LogP contribution in [0.4, 0.5) is 0 Å². The Labute approximate surface area is 111 Å². The van der Waals surface area contributed by atoms with Crippen LogP contribution in [-0.2, 0) is 10.0 Å². The summed E-state index contributed by atoms with van der Waals surface area (Å²) < 4.78 is 32.1. The van der Waals surface area contributed by atoms with Gasteiger partial charge in [-0.2, -0.15) is 5.10 Å². The van der Waals surface area contributed by atoms with Gasteiger partial charge in [0.15, 0.2) is 0 Å². The van der Waals surface area contributed by atoms with Crippen molar-refractivity contribution in [1.82, 2.24) is 19.9 Å². The van der Waals surface area contributed by atoms with Crippen molar-refractivity contribution in [2.24, 2.45) is 0 Å². The average Bonchev–Trinajstić information content (AvgIpc) is 2.92. The van der Waals surface area contributed by atoms with Gasteiger partial charge < -0.3 is 4.74 Å². The predicted molar refractivity (Wildman–Crippen MR) is 68.1 cm³/mol. The summed E-state index contributed by atoms with van der Waals surface area (Å²) in [6.07, 6.45) is 1.32. The van der Waals surface area contributed by atoms with E-state index < -0.39 is 16.1 Å². The molecule has 2 N–H and O–H groups in total. The van der Waals surface area contributed by atoms with E-state index in [1.165, 1.54) is 19.5 Å². The largest absolute Gasteiger partial charge is 0.495 e. The van der Waals surface area contributed by atoms with Gasteiger partial charge in [-0.3, -0.25) is 5.10 Å². The van der Waals surface area contributed by atoms with Crippen molar-refractivity contribution in [3.8, 4) is 5.75 Å². The molecule has 0 aliphatic rings. The molecule has 1 atom stereocenters. The molecule has 1 heterocycles. The van der Waals surface area contributed by atoms with Crippen LogP contribution in [0.15, 0.2) is 35.5 Å². The maximum Gasteiger partial charge on any atom is 0.244 e. The second-order valence-electron chi connectivity index (χ2n) is 3.86. The number of aromatic nitrogens is 3. The minimum atomic E-state index is -3.69. The van der Waals surface area contributed by atoms with Crippen molar-refractivity contribution in [2.45, 2.75) is 17.9 Å². The molecule has 0 saturated heterocycles. The van der Waals surface area contributed by atoms with Gasteiger partial charge in [-0.25, -0.2) is 18.1 Å². The highest BCUT2D eigenvalue weighted by Crippen LogP contribution is 2.23. The van der Waals surface area contributed by atoms with Gasteiger partial charge in [0.1, 0.15) is 22.8 Å². The standard InChI is InChI=1S/C11H14N4O3S/c1-8(11-12-7-13-14-11)15-19(16,17)10-6-4-3-5-9(10)18-2/h3-8,15H,1-2H3,(H,12,13,14). The van der Waals surface area contributed by atoms with E-state index >= 15 is 0 Å². The van der Waals surface area contributed by atoms with Gasteiger partial charge in [-0.15, -0.1) is 0 Å². The second kappa shape index (κ2) is 5.37. The molecule has 1 unspecified atom stereocenters. The quantitative estimate of drug-likeness (QED) is 0.847. The van der Waals surface area contributed by atoms with E-state index in [1.807, 2.05) is 0 Å². The lowest BCUT2D eigenvalue weighted by Gasteiger charge is -2.13. The van der Waals surface area contributed by atoms with Crippen LogP contribution in [0.3, 0.4) is 0 Å². The van der Waals surface area contributed by atoms with Crippen LogP contribution in [0, 0.1) is 0 Å². The van der Waals surface area contributed by atoms with Crippen molar-refractivity contribution < 1.29 is 13.2 Å². The van der Waals surface area contributed by atoms with Gasteiger partial charge in [0.25, 0.3) is 0 Å². The highest BCUT2D eigenvalue weighted by Gasteiger charge is 2.22. The van der Waals surface area contributed by atoms with Gasteiger partial charge in [-0.1, -0.05) is 12.1 Å². The molecule has 0 fully saturated rings. The Morgan fingerprint density at radius 1 is 1.37 bits per heavy atom. The molecule has 102 valence electrons. The van der Waals surface area contributed by atoms with Crippen LogP contribution >= 0.6 is 0 Å². The Hall–Kier alpha value is -1.93. The molecule has 1 aromatic carbocycles. The number of hydrogen-bond donors (Lipinski definition) is 2. The first kappa shape index (κ1) is 13.5. The average molecular weight is 282 g/mol. The summed E-state index contributed by atoms with van der Waals surface area (Å²) in [7, 11) is -2.27. The molecule has 2 aromatic rings. The minimum absolute atomic E-state index is 0.0869. The third-order valence-electron chi connectivity index (χ3n) is 2.53. The lowest BCUT2D eigenvalue weighted by atomic mass is 10.3. The molecule has 0 aliphatic carbocycles. The van der Waals surface area contributed by atoms with Crippen LogP contribution in [0.5, 0.6) is 5.75 Å². The molecule has 0 saturated carbocycles. The first-order chi connectivity index (χ1) is 9.04. The number of nitrogens with zero attached hydrogens (tertiary/aromatic N) is 2. The number of ether oxygens (including phenoxy) is 1. The van der Waals surface area contributed by atoms with Gasteiger partial charge in [-0.05, 0) is 19.1 Å². The van der Waals surface area contributed by atoms with Crippen LogP contribution < -0.4 is 9.46 Å². The molecule has 0 radical (unpaired) electrons. The summed E-state index contributed by atoms with van der Waals surface area (Å²) in [5, 5.41) is 6.30. The third-order valence-corrected chi connectivity index (χ3v) is 4.11. The summed E-state index contributed by atoms with van der Waals surface area (Å²) >= 11 is 0. The van der Waals surface area contributed by atoms with E-state index in [9.17, 15) is 8.42 Å². The molecular formula is C11H14N4O3S. The summed E-state index contributed by atoms with van der Waals surface area (Å²) in [5.41, 5.74) is 0. The van der Waals surface area contributed by atoms with Gasteiger partial charge in [0.2, 0.25) is 10.0 Å². The molecule has 8 heteroatoms. The Morgan fingerprint density at radius 3 is 2.74 bits per heavy atom. The van der Waals surface area contributed by atoms with E-state index in [0.717, 1.165) is 0 Å². The Morgan fingerprint density at radius 2 is 2.11 bits per heavy atom. The fourth-order valence-electron chi connectivity index (χ4n) is 1.62. The van der Waals surface area contributed by atoms with E-state index in [1.54, 1.807) is 25.1 Å². The third kappa shape index (κ3) is 2.91. The fraction of sp³-hybridized carbons (Fsp3) is 0.273. The molecule has 1 aromatic heterocycles. The van der Waals surface area contributed by atoms with E-state index in [4.69, 9.17) is 4.74 Å². The summed E-state index contributed by atoms with van der Waals surface area (Å²) in [6, 6.07) is 5.90. The monoisotopic (exact) mass is 282 g/mol. The summed E-state index contributed by atoms with van der Waals surface area (Å²) in [4.78, 5) is 4.00. The zero-order valence-electron chi connectivity index (χ0n) is 10.5. The van der Waals surface area contributed by atoms with Crippen LogP contribution in [-0.4, -0.2) is 30.7 Å². The zero-order valence-corrected chi connectivity index (χ0v) is 11.3. The molecule has 0 spiro atoms. The van der Waals surface area contributed by atoms with Crippen LogP contribution in [0.25, 0.3) is 0 Å². The number of rotatable bonds is 5. The van der Waals surface area contributed by atoms with Crippen molar-refractivity contribution in [1.29, 1.82) is 0 Å². The lowest BCUT2D eigenvalue weighted by Crippen LogP contribution is -2.28. The number of para-hydroxylation sites is 1. The number of nitrogens with one attached hydrogen (secondary N) is 2. The van der Waals surface area contributed by atoms with Crippen molar-refractivity contribution >= 4 is 10.0 Å². The first-order valence-corrected chi connectivity index (χ1v) is 7.03. The number of H-pyrrole nitrogens is 1. The van der Waals surface area contributed by atoms with Crippen molar-refractivity contribution in [3.63, 3.8) is 0 Å². The molecule has 19 heavy (non-hydrogen) atoms. The van der Waals surface area contributed by atoms with E-state index in [-0.39, 0.29) is 4.90 Å². The molecule has 0 amide bonds. The Bertz CT molecular complexity index is 640. The summed E-state index contributed by atoms with van der Waals surface area (Å²) in [5.74, 6) is 0.734. The van der Waals surface area contributed by atoms with Gasteiger partial charge >= 0.3 is 0 Å². The maximum absolute atomic E-state index is 12.3. The Kier molecular flexibility index (Phi) is 3.82.